The quantitative estimate of drug-likeness (QED) is 0.712. The standard InChI is InChI=1S/C21H27N5O3/c1-2-11-25-12-8-21(20(25)28)9-13-26(15-21)18(27)7-3-6-17-23-19(24-29-17)16-5-4-10-22-14-16/h4-5,10,14H,2-3,6-9,11-13,15H2,1H3. The van der Waals surface area contributed by atoms with E-state index in [0.717, 1.165) is 37.9 Å². The van der Waals surface area contributed by atoms with Crippen LogP contribution in [-0.2, 0) is 16.0 Å². The van der Waals surface area contributed by atoms with Gasteiger partial charge in [0.05, 0.1) is 5.41 Å². The predicted octanol–water partition coefficient (Wildman–Crippen LogP) is 2.32. The molecule has 4 rings (SSSR count). The Morgan fingerprint density at radius 3 is 2.97 bits per heavy atom. The van der Waals surface area contributed by atoms with E-state index in [-0.39, 0.29) is 17.2 Å². The average Bonchev–Trinajstić information content (AvgIpc) is 3.46. The minimum Gasteiger partial charge on any atom is -0.342 e. The van der Waals surface area contributed by atoms with Gasteiger partial charge in [-0.25, -0.2) is 0 Å². The maximum absolute atomic E-state index is 12.8. The molecule has 2 aliphatic rings. The fraction of sp³-hybridized carbons (Fsp3) is 0.571. The molecule has 29 heavy (non-hydrogen) atoms. The zero-order valence-corrected chi connectivity index (χ0v) is 16.8. The van der Waals surface area contributed by atoms with Crippen molar-refractivity contribution in [3.05, 3.63) is 30.4 Å². The highest BCUT2D eigenvalue weighted by Crippen LogP contribution is 2.40. The topological polar surface area (TPSA) is 92.4 Å². The van der Waals surface area contributed by atoms with Gasteiger partial charge in [-0.3, -0.25) is 14.6 Å². The first kappa shape index (κ1) is 19.5. The Bertz CT molecular complexity index is 868. The molecule has 2 saturated heterocycles. The Morgan fingerprint density at radius 2 is 2.17 bits per heavy atom. The Balaban J connectivity index is 1.26. The fourth-order valence-electron chi connectivity index (χ4n) is 4.36. The zero-order valence-electron chi connectivity index (χ0n) is 16.8. The largest absolute Gasteiger partial charge is 0.342 e. The van der Waals surface area contributed by atoms with Crippen LogP contribution in [0.1, 0.15) is 44.9 Å². The predicted molar refractivity (Wildman–Crippen MR) is 106 cm³/mol. The van der Waals surface area contributed by atoms with Crippen LogP contribution < -0.4 is 0 Å². The fourth-order valence-corrected chi connectivity index (χ4v) is 4.36. The molecule has 0 aliphatic carbocycles. The van der Waals surface area contributed by atoms with E-state index in [1.54, 1.807) is 12.4 Å². The maximum Gasteiger partial charge on any atom is 0.230 e. The maximum atomic E-state index is 12.8. The number of aromatic nitrogens is 3. The molecule has 2 amide bonds. The number of hydrogen-bond acceptors (Lipinski definition) is 6. The van der Waals surface area contributed by atoms with Gasteiger partial charge in [0.25, 0.3) is 0 Å². The van der Waals surface area contributed by atoms with Gasteiger partial charge >= 0.3 is 0 Å². The molecule has 1 unspecified atom stereocenters. The second-order valence-corrected chi connectivity index (χ2v) is 7.99. The third kappa shape index (κ3) is 4.02. The van der Waals surface area contributed by atoms with Gasteiger partial charge in [-0.15, -0.1) is 0 Å². The summed E-state index contributed by atoms with van der Waals surface area (Å²) < 4.78 is 5.29. The van der Waals surface area contributed by atoms with E-state index in [2.05, 4.69) is 22.0 Å². The van der Waals surface area contributed by atoms with Crippen molar-refractivity contribution in [2.45, 2.75) is 45.4 Å². The van der Waals surface area contributed by atoms with E-state index >= 15 is 0 Å². The first-order chi connectivity index (χ1) is 14.1. The molecule has 0 bridgehead atoms. The van der Waals surface area contributed by atoms with Crippen molar-refractivity contribution in [2.24, 2.45) is 5.41 Å². The second-order valence-electron chi connectivity index (χ2n) is 7.99. The second kappa shape index (κ2) is 8.31. The third-order valence-corrected chi connectivity index (χ3v) is 5.97. The van der Waals surface area contributed by atoms with Crippen molar-refractivity contribution in [2.75, 3.05) is 26.2 Å². The number of rotatable bonds is 7. The monoisotopic (exact) mass is 397 g/mol. The lowest BCUT2D eigenvalue weighted by atomic mass is 9.85. The zero-order chi connectivity index (χ0) is 20.3. The number of carbonyl (C=O) groups is 2. The van der Waals surface area contributed by atoms with Crippen LogP contribution in [0.4, 0.5) is 0 Å². The van der Waals surface area contributed by atoms with Gasteiger partial charge in [-0.05, 0) is 37.8 Å². The van der Waals surface area contributed by atoms with Crippen molar-refractivity contribution >= 4 is 11.8 Å². The number of hydrogen-bond donors (Lipinski definition) is 0. The molecule has 154 valence electrons. The molecule has 1 atom stereocenters. The van der Waals surface area contributed by atoms with Crippen molar-refractivity contribution < 1.29 is 14.1 Å². The summed E-state index contributed by atoms with van der Waals surface area (Å²) in [4.78, 5) is 37.7. The van der Waals surface area contributed by atoms with E-state index in [0.29, 0.717) is 44.1 Å². The van der Waals surface area contributed by atoms with Gasteiger partial charge in [-0.1, -0.05) is 12.1 Å². The van der Waals surface area contributed by atoms with Gasteiger partial charge in [0, 0.05) is 57.0 Å². The number of likely N-dealkylation sites (tertiary alicyclic amines) is 2. The molecule has 0 aromatic carbocycles. The normalized spacial score (nSPS) is 21.5. The lowest BCUT2D eigenvalue weighted by Crippen LogP contribution is -2.38. The van der Waals surface area contributed by atoms with E-state index in [1.807, 2.05) is 21.9 Å². The van der Waals surface area contributed by atoms with Gasteiger partial charge < -0.3 is 14.3 Å². The molecule has 2 aromatic heterocycles. The lowest BCUT2D eigenvalue weighted by Gasteiger charge is -2.23. The highest BCUT2D eigenvalue weighted by atomic mass is 16.5. The molecular weight excluding hydrogens is 370 g/mol. The van der Waals surface area contributed by atoms with Crippen LogP contribution in [0.3, 0.4) is 0 Å². The first-order valence-corrected chi connectivity index (χ1v) is 10.4. The van der Waals surface area contributed by atoms with Crippen LogP contribution in [0.15, 0.2) is 29.0 Å². The average molecular weight is 397 g/mol. The lowest BCUT2D eigenvalue weighted by molar-refractivity contribution is -0.136. The summed E-state index contributed by atoms with van der Waals surface area (Å²) in [6.07, 6.45) is 7.64. The van der Waals surface area contributed by atoms with Crippen LogP contribution in [0.2, 0.25) is 0 Å². The summed E-state index contributed by atoms with van der Waals surface area (Å²) >= 11 is 0. The first-order valence-electron chi connectivity index (χ1n) is 10.4. The van der Waals surface area contributed by atoms with Crippen molar-refractivity contribution in [3.63, 3.8) is 0 Å². The van der Waals surface area contributed by atoms with Gasteiger partial charge in [0.2, 0.25) is 23.5 Å². The Labute approximate surface area is 170 Å². The molecule has 2 aliphatic heterocycles. The van der Waals surface area contributed by atoms with Crippen LogP contribution >= 0.6 is 0 Å². The molecule has 8 nitrogen and oxygen atoms in total. The minimum absolute atomic E-state index is 0.107. The van der Waals surface area contributed by atoms with Crippen molar-refractivity contribution in [1.82, 2.24) is 24.9 Å². The van der Waals surface area contributed by atoms with Crippen molar-refractivity contribution in [3.8, 4) is 11.4 Å². The SMILES string of the molecule is CCCN1CCC2(CCN(C(=O)CCCc3nc(-c4cccnc4)no3)C2)C1=O. The number of amides is 2. The van der Waals surface area contributed by atoms with Crippen LogP contribution in [0.5, 0.6) is 0 Å². The summed E-state index contributed by atoms with van der Waals surface area (Å²) in [7, 11) is 0. The molecule has 0 saturated carbocycles. The summed E-state index contributed by atoms with van der Waals surface area (Å²) in [5.74, 6) is 1.38. The van der Waals surface area contributed by atoms with Gasteiger partial charge in [-0.2, -0.15) is 4.98 Å². The number of pyridine rings is 1. The number of aryl methyl sites for hydroxylation is 1. The Hall–Kier alpha value is -2.77. The molecule has 1 spiro atoms. The van der Waals surface area contributed by atoms with Crippen LogP contribution in [0, 0.1) is 5.41 Å². The highest BCUT2D eigenvalue weighted by Gasteiger charge is 2.51. The number of nitrogens with zero attached hydrogens (tertiary/aromatic N) is 5. The molecular formula is C21H27N5O3. The van der Waals surface area contributed by atoms with Crippen LogP contribution in [-0.4, -0.2) is 62.9 Å². The summed E-state index contributed by atoms with van der Waals surface area (Å²) in [5.41, 5.74) is 0.468. The van der Waals surface area contributed by atoms with E-state index < -0.39 is 0 Å². The minimum atomic E-state index is -0.337. The highest BCUT2D eigenvalue weighted by molar-refractivity contribution is 5.87. The summed E-state index contributed by atoms with van der Waals surface area (Å²) in [5, 5.41) is 3.98. The smallest absolute Gasteiger partial charge is 0.230 e. The molecule has 0 N–H and O–H groups in total. The number of carbonyl (C=O) groups excluding carboxylic acids is 2. The molecule has 8 heteroatoms. The molecule has 2 aromatic rings. The third-order valence-electron chi connectivity index (χ3n) is 5.97. The van der Waals surface area contributed by atoms with Gasteiger partial charge in [0.15, 0.2) is 0 Å². The van der Waals surface area contributed by atoms with E-state index in [9.17, 15) is 9.59 Å². The molecule has 0 radical (unpaired) electrons. The summed E-state index contributed by atoms with van der Waals surface area (Å²) in [6.45, 7) is 4.98. The summed E-state index contributed by atoms with van der Waals surface area (Å²) in [6, 6.07) is 3.70. The Morgan fingerprint density at radius 1 is 1.31 bits per heavy atom. The van der Waals surface area contributed by atoms with E-state index in [1.165, 1.54) is 0 Å². The van der Waals surface area contributed by atoms with Gasteiger partial charge in [0.1, 0.15) is 0 Å². The van der Waals surface area contributed by atoms with Crippen LogP contribution in [0.25, 0.3) is 11.4 Å². The molecule has 4 heterocycles. The van der Waals surface area contributed by atoms with E-state index in [4.69, 9.17) is 4.52 Å². The van der Waals surface area contributed by atoms with Crippen molar-refractivity contribution in [1.29, 1.82) is 0 Å². The molecule has 2 fully saturated rings. The Kier molecular flexibility index (Phi) is 5.60.